The summed E-state index contributed by atoms with van der Waals surface area (Å²) in [5.74, 6) is -0.280. The Morgan fingerprint density at radius 3 is 2.67 bits per heavy atom. The fraction of sp³-hybridized carbons (Fsp3) is 0.500. The fourth-order valence-electron chi connectivity index (χ4n) is 2.73. The molecule has 5 nitrogen and oxygen atoms in total. The summed E-state index contributed by atoms with van der Waals surface area (Å²) < 4.78 is 0. The van der Waals surface area contributed by atoms with Gasteiger partial charge in [0.2, 0.25) is 11.8 Å². The molecule has 21 heavy (non-hydrogen) atoms. The molecule has 2 atom stereocenters. The predicted octanol–water partition coefficient (Wildman–Crippen LogP) is 1.24. The summed E-state index contributed by atoms with van der Waals surface area (Å²) in [6.07, 6.45) is 0.671. The van der Waals surface area contributed by atoms with E-state index in [-0.39, 0.29) is 23.8 Å². The molecule has 1 saturated heterocycles. The van der Waals surface area contributed by atoms with E-state index in [0.717, 1.165) is 5.69 Å². The molecule has 1 aliphatic heterocycles. The molecule has 1 fully saturated rings. The second-order valence-corrected chi connectivity index (χ2v) is 5.39. The second-order valence-electron chi connectivity index (χ2n) is 5.39. The van der Waals surface area contributed by atoms with Gasteiger partial charge in [0.05, 0.1) is 0 Å². The SMILES string of the molecule is CCN(C(=O)C(C)CN)C1CCN(c2ccccc2)C1=O. The van der Waals surface area contributed by atoms with Crippen molar-refractivity contribution in [3.63, 3.8) is 0 Å². The standard InChI is InChI=1S/C16H23N3O2/c1-3-18(15(20)12(2)11-17)14-9-10-19(16(14)21)13-7-5-4-6-8-13/h4-8,12,14H,3,9-11,17H2,1-2H3. The maximum Gasteiger partial charge on any atom is 0.249 e. The highest BCUT2D eigenvalue weighted by atomic mass is 16.2. The van der Waals surface area contributed by atoms with Crippen LogP contribution in [0.25, 0.3) is 0 Å². The average Bonchev–Trinajstić information content (AvgIpc) is 2.90. The molecular formula is C16H23N3O2. The van der Waals surface area contributed by atoms with Crippen LogP contribution in [0.2, 0.25) is 0 Å². The lowest BCUT2D eigenvalue weighted by Gasteiger charge is -2.29. The van der Waals surface area contributed by atoms with Gasteiger partial charge in [-0.15, -0.1) is 0 Å². The Labute approximate surface area is 125 Å². The highest BCUT2D eigenvalue weighted by molar-refractivity contribution is 6.01. The number of amides is 2. The van der Waals surface area contributed by atoms with E-state index in [2.05, 4.69) is 0 Å². The molecule has 0 aromatic heterocycles. The van der Waals surface area contributed by atoms with E-state index in [0.29, 0.717) is 26.1 Å². The second kappa shape index (κ2) is 6.72. The average molecular weight is 289 g/mol. The van der Waals surface area contributed by atoms with E-state index < -0.39 is 0 Å². The molecule has 114 valence electrons. The monoisotopic (exact) mass is 289 g/mol. The van der Waals surface area contributed by atoms with Gasteiger partial charge in [0.1, 0.15) is 6.04 Å². The normalized spacial score (nSPS) is 19.7. The minimum absolute atomic E-state index is 0.000575. The Bertz CT molecular complexity index is 504. The van der Waals surface area contributed by atoms with Crippen LogP contribution in [-0.4, -0.2) is 42.4 Å². The summed E-state index contributed by atoms with van der Waals surface area (Å²) >= 11 is 0. The Morgan fingerprint density at radius 2 is 2.10 bits per heavy atom. The lowest BCUT2D eigenvalue weighted by Crippen LogP contribution is -2.48. The van der Waals surface area contributed by atoms with Crippen LogP contribution in [0.3, 0.4) is 0 Å². The number of para-hydroxylation sites is 1. The quantitative estimate of drug-likeness (QED) is 0.886. The van der Waals surface area contributed by atoms with E-state index in [1.165, 1.54) is 0 Å². The van der Waals surface area contributed by atoms with Crippen molar-refractivity contribution in [3.8, 4) is 0 Å². The molecule has 2 unspecified atom stereocenters. The van der Waals surface area contributed by atoms with Crippen LogP contribution in [-0.2, 0) is 9.59 Å². The third-order valence-electron chi connectivity index (χ3n) is 4.02. The van der Waals surface area contributed by atoms with Gasteiger partial charge < -0.3 is 15.5 Å². The predicted molar refractivity (Wildman–Crippen MR) is 82.8 cm³/mol. The Balaban J connectivity index is 2.15. The number of hydrogen-bond acceptors (Lipinski definition) is 3. The summed E-state index contributed by atoms with van der Waals surface area (Å²) in [4.78, 5) is 28.4. The molecule has 0 spiro atoms. The maximum absolute atomic E-state index is 12.6. The summed E-state index contributed by atoms with van der Waals surface area (Å²) in [7, 11) is 0. The van der Waals surface area contributed by atoms with Gasteiger partial charge in [-0.2, -0.15) is 0 Å². The summed E-state index contributed by atoms with van der Waals surface area (Å²) in [5.41, 5.74) is 6.46. The highest BCUT2D eigenvalue weighted by Gasteiger charge is 2.38. The minimum atomic E-state index is -0.364. The van der Waals surface area contributed by atoms with Crippen molar-refractivity contribution in [1.82, 2.24) is 4.90 Å². The van der Waals surface area contributed by atoms with Gasteiger partial charge in [-0.3, -0.25) is 9.59 Å². The first kappa shape index (κ1) is 15.5. The number of carbonyl (C=O) groups is 2. The van der Waals surface area contributed by atoms with Gasteiger partial charge in [0, 0.05) is 31.2 Å². The number of benzene rings is 1. The van der Waals surface area contributed by atoms with Crippen molar-refractivity contribution >= 4 is 17.5 Å². The molecule has 0 saturated carbocycles. The first-order valence-electron chi connectivity index (χ1n) is 7.47. The van der Waals surface area contributed by atoms with E-state index in [1.54, 1.807) is 16.7 Å². The molecule has 0 bridgehead atoms. The van der Waals surface area contributed by atoms with Gasteiger partial charge in [-0.25, -0.2) is 0 Å². The Hall–Kier alpha value is -1.88. The molecule has 2 rings (SSSR count). The molecule has 1 aromatic carbocycles. The maximum atomic E-state index is 12.6. The molecule has 1 aliphatic rings. The van der Waals surface area contributed by atoms with Gasteiger partial charge >= 0.3 is 0 Å². The van der Waals surface area contributed by atoms with Gasteiger partial charge in [0.25, 0.3) is 0 Å². The summed E-state index contributed by atoms with van der Waals surface area (Å²) in [6, 6.07) is 9.22. The number of nitrogens with two attached hydrogens (primary N) is 1. The summed E-state index contributed by atoms with van der Waals surface area (Å²) in [6.45, 7) is 5.19. The lowest BCUT2D eigenvalue weighted by molar-refractivity contribution is -0.140. The van der Waals surface area contributed by atoms with Crippen molar-refractivity contribution in [3.05, 3.63) is 30.3 Å². The Morgan fingerprint density at radius 1 is 1.43 bits per heavy atom. The fourth-order valence-corrected chi connectivity index (χ4v) is 2.73. The first-order chi connectivity index (χ1) is 10.1. The zero-order chi connectivity index (χ0) is 15.4. The Kier molecular flexibility index (Phi) is 4.96. The molecule has 5 heteroatoms. The molecule has 1 aromatic rings. The zero-order valence-electron chi connectivity index (χ0n) is 12.7. The number of carbonyl (C=O) groups excluding carboxylic acids is 2. The van der Waals surface area contributed by atoms with Gasteiger partial charge in [0.15, 0.2) is 0 Å². The zero-order valence-corrected chi connectivity index (χ0v) is 12.7. The number of rotatable bonds is 5. The smallest absolute Gasteiger partial charge is 0.249 e. The third-order valence-corrected chi connectivity index (χ3v) is 4.02. The van der Waals surface area contributed by atoms with Crippen molar-refractivity contribution in [1.29, 1.82) is 0 Å². The lowest BCUT2D eigenvalue weighted by atomic mass is 10.1. The van der Waals surface area contributed by atoms with Crippen molar-refractivity contribution in [2.45, 2.75) is 26.3 Å². The number of nitrogens with zero attached hydrogens (tertiary/aromatic N) is 2. The number of hydrogen-bond donors (Lipinski definition) is 1. The topological polar surface area (TPSA) is 66.6 Å². The van der Waals surface area contributed by atoms with Crippen LogP contribution >= 0.6 is 0 Å². The number of likely N-dealkylation sites (N-methyl/N-ethyl adjacent to an activating group) is 1. The van der Waals surface area contributed by atoms with Gasteiger partial charge in [-0.05, 0) is 25.5 Å². The van der Waals surface area contributed by atoms with E-state index in [9.17, 15) is 9.59 Å². The van der Waals surface area contributed by atoms with Crippen molar-refractivity contribution < 1.29 is 9.59 Å². The summed E-state index contributed by atoms with van der Waals surface area (Å²) in [5, 5.41) is 0. The van der Waals surface area contributed by atoms with Crippen LogP contribution < -0.4 is 10.6 Å². The molecule has 2 amide bonds. The largest absolute Gasteiger partial charge is 0.331 e. The molecule has 2 N–H and O–H groups in total. The van der Waals surface area contributed by atoms with Crippen LogP contribution in [0.5, 0.6) is 0 Å². The van der Waals surface area contributed by atoms with Crippen molar-refractivity contribution in [2.75, 3.05) is 24.5 Å². The molecular weight excluding hydrogens is 266 g/mol. The first-order valence-corrected chi connectivity index (χ1v) is 7.47. The minimum Gasteiger partial charge on any atom is -0.331 e. The van der Waals surface area contributed by atoms with Crippen LogP contribution in [0.15, 0.2) is 30.3 Å². The van der Waals surface area contributed by atoms with E-state index in [1.807, 2.05) is 37.3 Å². The molecule has 0 radical (unpaired) electrons. The van der Waals surface area contributed by atoms with Crippen LogP contribution in [0.4, 0.5) is 5.69 Å². The van der Waals surface area contributed by atoms with Crippen molar-refractivity contribution in [2.24, 2.45) is 11.7 Å². The van der Waals surface area contributed by atoms with Crippen LogP contribution in [0.1, 0.15) is 20.3 Å². The van der Waals surface area contributed by atoms with E-state index in [4.69, 9.17) is 5.73 Å². The highest BCUT2D eigenvalue weighted by Crippen LogP contribution is 2.24. The van der Waals surface area contributed by atoms with Crippen LogP contribution in [0, 0.1) is 5.92 Å². The number of anilines is 1. The van der Waals surface area contributed by atoms with Gasteiger partial charge in [-0.1, -0.05) is 25.1 Å². The molecule has 0 aliphatic carbocycles. The third kappa shape index (κ3) is 3.08. The van der Waals surface area contributed by atoms with E-state index >= 15 is 0 Å². The molecule has 1 heterocycles.